The number of carbonyl (C=O) groups excluding carboxylic acids is 1. The molecule has 19 heavy (non-hydrogen) atoms. The summed E-state index contributed by atoms with van der Waals surface area (Å²) in [5.74, 6) is -1.15. The Hall–Kier alpha value is -2.77. The normalized spacial score (nSPS) is 10.1. The maximum atomic E-state index is 11.7. The number of hydrogen-bond donors (Lipinski definition) is 2. The number of pyridine rings is 1. The van der Waals surface area contributed by atoms with E-state index in [1.165, 1.54) is 24.6 Å². The van der Waals surface area contributed by atoms with Gasteiger partial charge in [-0.15, -0.1) is 0 Å². The molecular weight excluding hydrogens is 252 g/mol. The lowest BCUT2D eigenvalue weighted by atomic mass is 10.3. The van der Waals surface area contributed by atoms with E-state index in [2.05, 4.69) is 25.0 Å². The average Bonchev–Trinajstić information content (AvgIpc) is 2.92. The lowest BCUT2D eigenvalue weighted by Gasteiger charge is -2.03. The SMILES string of the molecule is O=C(O)c1cccc(C(=O)NCCc2ncon2)n1. The second-order valence-corrected chi connectivity index (χ2v) is 3.57. The Morgan fingerprint density at radius 2 is 2.11 bits per heavy atom. The maximum Gasteiger partial charge on any atom is 0.354 e. The highest BCUT2D eigenvalue weighted by Crippen LogP contribution is 1.99. The van der Waals surface area contributed by atoms with E-state index >= 15 is 0 Å². The van der Waals surface area contributed by atoms with E-state index in [1.54, 1.807) is 0 Å². The number of hydrogen-bond acceptors (Lipinski definition) is 6. The van der Waals surface area contributed by atoms with E-state index in [9.17, 15) is 9.59 Å². The molecular formula is C11H10N4O4. The molecule has 2 heterocycles. The first-order valence-corrected chi connectivity index (χ1v) is 5.40. The molecule has 0 saturated carbocycles. The second-order valence-electron chi connectivity index (χ2n) is 3.57. The summed E-state index contributed by atoms with van der Waals surface area (Å²) in [5.41, 5.74) is -0.126. The predicted octanol–water partition coefficient (Wildman–Crippen LogP) is 0.135. The topological polar surface area (TPSA) is 118 Å². The molecule has 0 saturated heterocycles. The van der Waals surface area contributed by atoms with Crippen molar-refractivity contribution in [1.29, 1.82) is 0 Å². The average molecular weight is 262 g/mol. The lowest BCUT2D eigenvalue weighted by Crippen LogP contribution is -2.27. The van der Waals surface area contributed by atoms with Crippen LogP contribution in [0.25, 0.3) is 0 Å². The fourth-order valence-corrected chi connectivity index (χ4v) is 1.36. The van der Waals surface area contributed by atoms with Crippen LogP contribution >= 0.6 is 0 Å². The molecule has 8 nitrogen and oxygen atoms in total. The number of carboxylic acids is 1. The molecule has 2 aromatic rings. The number of rotatable bonds is 5. The van der Waals surface area contributed by atoms with Gasteiger partial charge in [0.15, 0.2) is 5.82 Å². The molecule has 8 heteroatoms. The van der Waals surface area contributed by atoms with E-state index in [4.69, 9.17) is 5.11 Å². The Morgan fingerprint density at radius 3 is 2.79 bits per heavy atom. The Kier molecular flexibility index (Phi) is 3.81. The number of aromatic nitrogens is 3. The molecule has 2 N–H and O–H groups in total. The maximum absolute atomic E-state index is 11.7. The standard InChI is InChI=1S/C11H10N4O4/c16-10(12-5-4-9-13-6-19-15-9)7-2-1-3-8(14-7)11(17)18/h1-3,6H,4-5H2,(H,12,16)(H,17,18). The van der Waals surface area contributed by atoms with Gasteiger partial charge in [-0.2, -0.15) is 4.98 Å². The third-order valence-corrected chi connectivity index (χ3v) is 2.24. The second kappa shape index (κ2) is 5.71. The van der Waals surface area contributed by atoms with Crippen molar-refractivity contribution in [2.75, 3.05) is 6.54 Å². The number of carboxylic acid groups (broad SMARTS) is 1. The zero-order valence-electron chi connectivity index (χ0n) is 9.74. The summed E-state index contributed by atoms with van der Waals surface area (Å²) in [6.45, 7) is 0.303. The van der Waals surface area contributed by atoms with Crippen LogP contribution in [0.5, 0.6) is 0 Å². The molecule has 1 amide bonds. The van der Waals surface area contributed by atoms with Crippen LogP contribution in [0.2, 0.25) is 0 Å². The van der Waals surface area contributed by atoms with Gasteiger partial charge in [0.2, 0.25) is 6.39 Å². The van der Waals surface area contributed by atoms with Gasteiger partial charge in [-0.1, -0.05) is 11.2 Å². The molecule has 0 atom stereocenters. The van der Waals surface area contributed by atoms with Crippen molar-refractivity contribution in [3.63, 3.8) is 0 Å². The van der Waals surface area contributed by atoms with Crippen molar-refractivity contribution in [3.05, 3.63) is 41.8 Å². The summed E-state index contributed by atoms with van der Waals surface area (Å²) in [6.07, 6.45) is 1.62. The summed E-state index contributed by atoms with van der Waals surface area (Å²) in [7, 11) is 0. The smallest absolute Gasteiger partial charge is 0.354 e. The fraction of sp³-hybridized carbons (Fsp3) is 0.182. The zero-order valence-corrected chi connectivity index (χ0v) is 9.74. The molecule has 0 unspecified atom stereocenters. The zero-order chi connectivity index (χ0) is 13.7. The van der Waals surface area contributed by atoms with Gasteiger partial charge < -0.3 is 14.9 Å². The highest BCUT2D eigenvalue weighted by molar-refractivity contribution is 5.94. The lowest BCUT2D eigenvalue weighted by molar-refractivity contribution is 0.0690. The van der Waals surface area contributed by atoms with Gasteiger partial charge in [0, 0.05) is 13.0 Å². The summed E-state index contributed by atoms with van der Waals surface area (Å²) in [4.78, 5) is 30.0. The largest absolute Gasteiger partial charge is 0.477 e. The molecule has 98 valence electrons. The highest BCUT2D eigenvalue weighted by Gasteiger charge is 2.11. The monoisotopic (exact) mass is 262 g/mol. The summed E-state index contributed by atoms with van der Waals surface area (Å²) < 4.78 is 4.55. The van der Waals surface area contributed by atoms with Gasteiger partial charge in [0.05, 0.1) is 0 Å². The van der Waals surface area contributed by atoms with E-state index < -0.39 is 11.9 Å². The quantitative estimate of drug-likeness (QED) is 0.786. The summed E-state index contributed by atoms with van der Waals surface area (Å²) in [5, 5.41) is 15.0. The number of amides is 1. The molecule has 0 bridgehead atoms. The van der Waals surface area contributed by atoms with Crippen molar-refractivity contribution in [2.45, 2.75) is 6.42 Å². The van der Waals surface area contributed by atoms with Crippen LogP contribution in [0, 0.1) is 0 Å². The minimum atomic E-state index is -1.18. The van der Waals surface area contributed by atoms with Crippen LogP contribution in [-0.2, 0) is 6.42 Å². The third kappa shape index (κ3) is 3.35. The summed E-state index contributed by atoms with van der Waals surface area (Å²) >= 11 is 0. The van der Waals surface area contributed by atoms with Crippen LogP contribution in [0.1, 0.15) is 26.8 Å². The molecule has 0 aliphatic rings. The predicted molar refractivity (Wildman–Crippen MR) is 61.5 cm³/mol. The van der Waals surface area contributed by atoms with Crippen LogP contribution in [-0.4, -0.2) is 38.7 Å². The number of carbonyl (C=O) groups is 2. The van der Waals surface area contributed by atoms with Crippen LogP contribution in [0.3, 0.4) is 0 Å². The molecule has 0 aliphatic carbocycles. The number of aromatic carboxylic acids is 1. The molecule has 0 spiro atoms. The van der Waals surface area contributed by atoms with Gasteiger partial charge in [-0.25, -0.2) is 9.78 Å². The van der Waals surface area contributed by atoms with E-state index in [1.807, 2.05) is 0 Å². The van der Waals surface area contributed by atoms with E-state index in [0.717, 1.165) is 0 Å². The highest BCUT2D eigenvalue weighted by atomic mass is 16.5. The Labute approximate surface area is 107 Å². The summed E-state index contributed by atoms with van der Waals surface area (Å²) in [6, 6.07) is 4.22. The first-order chi connectivity index (χ1) is 9.16. The van der Waals surface area contributed by atoms with Crippen LogP contribution in [0.15, 0.2) is 29.1 Å². The molecule has 0 aliphatic heterocycles. The first kappa shape index (κ1) is 12.7. The Bertz CT molecular complexity index is 582. The Balaban J connectivity index is 1.92. The molecule has 0 aromatic carbocycles. The molecule has 0 radical (unpaired) electrons. The molecule has 0 fully saturated rings. The number of nitrogens with one attached hydrogen (secondary N) is 1. The van der Waals surface area contributed by atoms with Crippen molar-refractivity contribution in [3.8, 4) is 0 Å². The van der Waals surface area contributed by atoms with Crippen LogP contribution in [0.4, 0.5) is 0 Å². The van der Waals surface area contributed by atoms with Gasteiger partial charge >= 0.3 is 5.97 Å². The fourth-order valence-electron chi connectivity index (χ4n) is 1.36. The van der Waals surface area contributed by atoms with Crippen molar-refractivity contribution >= 4 is 11.9 Å². The van der Waals surface area contributed by atoms with Crippen LogP contribution < -0.4 is 5.32 Å². The minimum absolute atomic E-state index is 0.0491. The Morgan fingerprint density at radius 1 is 1.32 bits per heavy atom. The minimum Gasteiger partial charge on any atom is -0.477 e. The van der Waals surface area contributed by atoms with E-state index in [-0.39, 0.29) is 11.4 Å². The van der Waals surface area contributed by atoms with Gasteiger partial charge in [0.25, 0.3) is 5.91 Å². The molecule has 2 aromatic heterocycles. The van der Waals surface area contributed by atoms with E-state index in [0.29, 0.717) is 18.8 Å². The molecule has 2 rings (SSSR count). The van der Waals surface area contributed by atoms with Crippen molar-refractivity contribution in [2.24, 2.45) is 0 Å². The van der Waals surface area contributed by atoms with Gasteiger partial charge in [-0.3, -0.25) is 4.79 Å². The van der Waals surface area contributed by atoms with Gasteiger partial charge in [0.1, 0.15) is 11.4 Å². The van der Waals surface area contributed by atoms with Crippen molar-refractivity contribution < 1.29 is 19.2 Å². The number of nitrogens with zero attached hydrogens (tertiary/aromatic N) is 3. The van der Waals surface area contributed by atoms with Crippen molar-refractivity contribution in [1.82, 2.24) is 20.4 Å². The first-order valence-electron chi connectivity index (χ1n) is 5.40. The third-order valence-electron chi connectivity index (χ3n) is 2.24. The van der Waals surface area contributed by atoms with Gasteiger partial charge in [-0.05, 0) is 12.1 Å².